The molecular formula is C25H17FN8OS. The lowest BCUT2D eigenvalue weighted by Crippen LogP contribution is -2.11. The summed E-state index contributed by atoms with van der Waals surface area (Å²) < 4.78 is 16.9. The molecule has 11 heteroatoms. The van der Waals surface area contributed by atoms with E-state index < -0.39 is 0 Å². The minimum absolute atomic E-state index is 0.296. The number of carbonyl (C=O) groups excluding carboxylic acids is 1. The molecule has 0 saturated carbocycles. The molecular weight excluding hydrogens is 479 g/mol. The maximum Gasteiger partial charge on any atom is 0.256 e. The van der Waals surface area contributed by atoms with E-state index in [4.69, 9.17) is 15.2 Å². The van der Waals surface area contributed by atoms with Crippen molar-refractivity contribution in [2.45, 2.75) is 5.03 Å². The topological polar surface area (TPSA) is 102 Å². The number of halogens is 1. The Kier molecular flexibility index (Phi) is 5.38. The lowest BCUT2D eigenvalue weighted by Gasteiger charge is -2.06. The third kappa shape index (κ3) is 3.95. The number of nitrogens with one attached hydrogen (secondary N) is 1. The average molecular weight is 497 g/mol. The molecule has 0 aliphatic heterocycles. The van der Waals surface area contributed by atoms with Crippen LogP contribution in [0.1, 0.15) is 10.4 Å². The standard InChI is InChI=1S/C25H17FN8OS/c1-36-22-9-8-21-30-23(15-2-4-17(26)5-3-15)24(34(21)32-22)18-6-7-20-28-19(14-33(20)31-18)29-25(35)16-10-12-27-13-11-16/h2-14H,1H3,(H,29,35). The smallest absolute Gasteiger partial charge is 0.256 e. The fourth-order valence-electron chi connectivity index (χ4n) is 3.82. The first-order valence-corrected chi connectivity index (χ1v) is 12.1. The predicted molar refractivity (Wildman–Crippen MR) is 134 cm³/mol. The van der Waals surface area contributed by atoms with Gasteiger partial charge in [-0.05, 0) is 66.9 Å². The molecule has 0 unspecified atom stereocenters. The lowest BCUT2D eigenvalue weighted by atomic mass is 10.1. The molecule has 0 bridgehead atoms. The highest BCUT2D eigenvalue weighted by Gasteiger charge is 2.20. The van der Waals surface area contributed by atoms with Crippen LogP contribution >= 0.6 is 11.8 Å². The highest BCUT2D eigenvalue weighted by molar-refractivity contribution is 7.98. The molecule has 5 aromatic heterocycles. The zero-order valence-corrected chi connectivity index (χ0v) is 19.6. The van der Waals surface area contributed by atoms with Crippen molar-refractivity contribution in [2.75, 3.05) is 11.6 Å². The molecule has 1 N–H and O–H groups in total. The number of amides is 1. The Morgan fingerprint density at radius 2 is 1.69 bits per heavy atom. The maximum absolute atomic E-state index is 13.6. The second kappa shape index (κ2) is 8.86. The largest absolute Gasteiger partial charge is 0.305 e. The van der Waals surface area contributed by atoms with Crippen molar-refractivity contribution < 1.29 is 9.18 Å². The van der Waals surface area contributed by atoms with Gasteiger partial charge in [0.25, 0.3) is 5.91 Å². The minimum atomic E-state index is -0.328. The number of thioether (sulfide) groups is 1. The van der Waals surface area contributed by atoms with E-state index >= 15 is 0 Å². The van der Waals surface area contributed by atoms with Crippen LogP contribution in [-0.2, 0) is 0 Å². The summed E-state index contributed by atoms with van der Waals surface area (Å²) in [5.74, 6) is -0.262. The first-order chi connectivity index (χ1) is 17.6. The quantitative estimate of drug-likeness (QED) is 0.348. The van der Waals surface area contributed by atoms with E-state index in [1.165, 1.54) is 23.9 Å². The summed E-state index contributed by atoms with van der Waals surface area (Å²) in [6, 6.07) is 16.8. The number of benzene rings is 1. The van der Waals surface area contributed by atoms with Gasteiger partial charge in [0, 0.05) is 23.5 Å². The van der Waals surface area contributed by atoms with Crippen LogP contribution in [0.3, 0.4) is 0 Å². The van der Waals surface area contributed by atoms with Crippen molar-refractivity contribution in [2.24, 2.45) is 0 Å². The number of fused-ring (bicyclic) bond motifs is 2. The second-order valence-corrected chi connectivity index (χ2v) is 8.63. The summed E-state index contributed by atoms with van der Waals surface area (Å²) in [5, 5.41) is 13.0. The van der Waals surface area contributed by atoms with Crippen molar-refractivity contribution in [3.8, 4) is 22.6 Å². The van der Waals surface area contributed by atoms with Crippen molar-refractivity contribution in [3.63, 3.8) is 0 Å². The summed E-state index contributed by atoms with van der Waals surface area (Å²) in [7, 11) is 0. The van der Waals surface area contributed by atoms with Gasteiger partial charge in [0.05, 0.1) is 6.20 Å². The molecule has 6 rings (SSSR count). The molecule has 0 saturated heterocycles. The summed E-state index contributed by atoms with van der Waals surface area (Å²) in [4.78, 5) is 25.7. The maximum atomic E-state index is 13.6. The Balaban J connectivity index is 1.45. The first kappa shape index (κ1) is 21.9. The molecule has 5 heterocycles. The van der Waals surface area contributed by atoms with E-state index in [9.17, 15) is 9.18 Å². The number of hydrogen-bond donors (Lipinski definition) is 1. The molecule has 36 heavy (non-hydrogen) atoms. The molecule has 0 radical (unpaired) electrons. The fraction of sp³-hybridized carbons (Fsp3) is 0.0400. The van der Waals surface area contributed by atoms with E-state index in [0.717, 1.165) is 10.6 Å². The summed E-state index contributed by atoms with van der Waals surface area (Å²) >= 11 is 1.52. The van der Waals surface area contributed by atoms with Crippen LogP contribution in [0, 0.1) is 5.82 Å². The van der Waals surface area contributed by atoms with Crippen LogP contribution in [0.4, 0.5) is 10.2 Å². The normalized spacial score (nSPS) is 11.3. The summed E-state index contributed by atoms with van der Waals surface area (Å²) in [5.41, 5.74) is 4.27. The number of rotatable bonds is 5. The average Bonchev–Trinajstić information content (AvgIpc) is 3.49. The Morgan fingerprint density at radius 1 is 0.917 bits per heavy atom. The number of hydrogen-bond acceptors (Lipinski definition) is 7. The van der Waals surface area contributed by atoms with Gasteiger partial charge in [-0.25, -0.2) is 23.4 Å². The van der Waals surface area contributed by atoms with Gasteiger partial charge in [-0.2, -0.15) is 10.2 Å². The number of nitrogens with zero attached hydrogens (tertiary/aromatic N) is 7. The first-order valence-electron chi connectivity index (χ1n) is 10.9. The van der Waals surface area contributed by atoms with E-state index in [1.54, 1.807) is 58.0 Å². The molecule has 1 aromatic carbocycles. The van der Waals surface area contributed by atoms with Gasteiger partial charge < -0.3 is 5.32 Å². The van der Waals surface area contributed by atoms with Gasteiger partial charge >= 0.3 is 0 Å². The second-order valence-electron chi connectivity index (χ2n) is 7.80. The number of carbonyl (C=O) groups is 1. The van der Waals surface area contributed by atoms with E-state index in [1.807, 2.05) is 24.5 Å². The molecule has 176 valence electrons. The zero-order valence-electron chi connectivity index (χ0n) is 18.8. The predicted octanol–water partition coefficient (Wildman–Crippen LogP) is 4.61. The van der Waals surface area contributed by atoms with Crippen LogP contribution in [0.25, 0.3) is 33.9 Å². The van der Waals surface area contributed by atoms with Crippen molar-refractivity contribution >= 4 is 34.8 Å². The summed E-state index contributed by atoms with van der Waals surface area (Å²) in [6.45, 7) is 0. The van der Waals surface area contributed by atoms with Crippen LogP contribution in [0.15, 0.2) is 84.3 Å². The van der Waals surface area contributed by atoms with Gasteiger partial charge in [-0.1, -0.05) is 0 Å². The molecule has 0 atom stereocenters. The Bertz CT molecular complexity index is 1730. The fourth-order valence-corrected chi connectivity index (χ4v) is 4.19. The molecule has 0 spiro atoms. The monoisotopic (exact) mass is 496 g/mol. The van der Waals surface area contributed by atoms with E-state index in [-0.39, 0.29) is 11.7 Å². The minimum Gasteiger partial charge on any atom is -0.305 e. The molecule has 0 aliphatic carbocycles. The number of pyridine rings is 1. The number of imidazole rings is 2. The van der Waals surface area contributed by atoms with Crippen molar-refractivity contribution in [1.29, 1.82) is 0 Å². The summed E-state index contributed by atoms with van der Waals surface area (Å²) in [6.07, 6.45) is 6.69. The highest BCUT2D eigenvalue weighted by atomic mass is 32.2. The van der Waals surface area contributed by atoms with Crippen LogP contribution in [0.5, 0.6) is 0 Å². The highest BCUT2D eigenvalue weighted by Crippen LogP contribution is 2.32. The van der Waals surface area contributed by atoms with E-state index in [0.29, 0.717) is 39.8 Å². The molecule has 6 aromatic rings. The molecule has 9 nitrogen and oxygen atoms in total. The van der Waals surface area contributed by atoms with Crippen LogP contribution in [-0.4, -0.2) is 46.3 Å². The SMILES string of the molecule is CSc1ccc2nc(-c3ccc(F)cc3)c(-c3ccc4nc(NC(=O)c5ccncc5)cn4n3)n2n1. The van der Waals surface area contributed by atoms with Crippen molar-refractivity contribution in [1.82, 2.24) is 34.2 Å². The van der Waals surface area contributed by atoms with Gasteiger partial charge in [-0.15, -0.1) is 11.8 Å². The van der Waals surface area contributed by atoms with Gasteiger partial charge in [-0.3, -0.25) is 9.78 Å². The lowest BCUT2D eigenvalue weighted by molar-refractivity contribution is 0.102. The van der Waals surface area contributed by atoms with Crippen LogP contribution < -0.4 is 5.32 Å². The molecule has 0 aliphatic rings. The third-order valence-electron chi connectivity index (χ3n) is 5.53. The third-order valence-corrected chi connectivity index (χ3v) is 6.16. The van der Waals surface area contributed by atoms with Gasteiger partial charge in [0.2, 0.25) is 0 Å². The van der Waals surface area contributed by atoms with Gasteiger partial charge in [0.15, 0.2) is 17.1 Å². The Labute approximate surface area is 208 Å². The molecule has 0 fully saturated rings. The number of aromatic nitrogens is 7. The molecule has 1 amide bonds. The Hall–Kier alpha value is -4.64. The van der Waals surface area contributed by atoms with E-state index in [2.05, 4.69) is 15.3 Å². The van der Waals surface area contributed by atoms with Crippen molar-refractivity contribution in [3.05, 3.63) is 90.6 Å². The zero-order chi connectivity index (χ0) is 24.6. The van der Waals surface area contributed by atoms with Crippen LogP contribution in [0.2, 0.25) is 0 Å². The van der Waals surface area contributed by atoms with Gasteiger partial charge in [0.1, 0.15) is 27.9 Å². The number of anilines is 1. The Morgan fingerprint density at radius 3 is 2.47 bits per heavy atom.